The van der Waals surface area contributed by atoms with Gasteiger partial charge in [-0.25, -0.2) is 9.78 Å². The molecule has 2 aromatic carbocycles. The Morgan fingerprint density at radius 3 is 2.24 bits per heavy atom. The molecule has 2 heterocycles. The van der Waals surface area contributed by atoms with Gasteiger partial charge in [-0.05, 0) is 67.6 Å². The van der Waals surface area contributed by atoms with E-state index in [1.807, 2.05) is 42.7 Å². The predicted octanol–water partition coefficient (Wildman–Crippen LogP) is 2.76. The molecule has 0 atom stereocenters. The molecule has 0 fully saturated rings. The lowest BCUT2D eigenvalue weighted by Gasteiger charge is -2.13. The van der Waals surface area contributed by atoms with Crippen LogP contribution in [0.15, 0.2) is 58.1 Å². The molecule has 0 bridgehead atoms. The minimum absolute atomic E-state index is 0.0304. The summed E-state index contributed by atoms with van der Waals surface area (Å²) in [4.78, 5) is 32.1. The maximum atomic E-state index is 13.7. The van der Waals surface area contributed by atoms with Crippen LogP contribution < -0.4 is 26.5 Å². The molecule has 4 aromatic rings. The van der Waals surface area contributed by atoms with Gasteiger partial charge in [-0.15, -0.1) is 0 Å². The van der Waals surface area contributed by atoms with E-state index in [-0.39, 0.29) is 17.0 Å². The van der Waals surface area contributed by atoms with E-state index in [0.29, 0.717) is 61.7 Å². The summed E-state index contributed by atoms with van der Waals surface area (Å²) in [5, 5.41) is 3.29. The van der Waals surface area contributed by atoms with E-state index in [1.54, 1.807) is 16.7 Å². The molecule has 12 nitrogen and oxygen atoms in total. The summed E-state index contributed by atoms with van der Waals surface area (Å²) >= 11 is 0. The Labute approximate surface area is 244 Å². The van der Waals surface area contributed by atoms with Gasteiger partial charge in [-0.2, -0.15) is 8.42 Å². The first-order valence-corrected chi connectivity index (χ1v) is 15.5. The van der Waals surface area contributed by atoms with Gasteiger partial charge in [-0.1, -0.05) is 38.1 Å². The van der Waals surface area contributed by atoms with Crippen LogP contribution in [0.5, 0.6) is 5.75 Å². The van der Waals surface area contributed by atoms with Gasteiger partial charge in [0.15, 0.2) is 11.2 Å². The third kappa shape index (κ3) is 7.66. The smallest absolute Gasteiger partial charge is 0.399 e. The Morgan fingerprint density at radius 1 is 0.905 bits per heavy atom. The summed E-state index contributed by atoms with van der Waals surface area (Å²) in [6, 6.07) is 13.9. The van der Waals surface area contributed by atoms with Crippen molar-refractivity contribution in [3.63, 3.8) is 0 Å². The van der Waals surface area contributed by atoms with Crippen molar-refractivity contribution in [2.75, 3.05) is 18.8 Å². The molecule has 4 rings (SSSR count). The van der Waals surface area contributed by atoms with Crippen LogP contribution >= 0.6 is 0 Å². The van der Waals surface area contributed by atoms with E-state index in [1.165, 1.54) is 22.3 Å². The van der Waals surface area contributed by atoms with Crippen LogP contribution in [-0.2, 0) is 42.9 Å². The minimum Gasteiger partial charge on any atom is -0.399 e. The van der Waals surface area contributed by atoms with E-state index in [4.69, 9.17) is 15.3 Å². The summed E-state index contributed by atoms with van der Waals surface area (Å²) in [6.45, 7) is 6.48. The number of anilines is 1. The first kappa shape index (κ1) is 31.0. The van der Waals surface area contributed by atoms with Crippen LogP contribution in [0.3, 0.4) is 0 Å². The standard InChI is InChI=1S/C29H38N6O6S/c1-3-17-35-28(36)26-27(34(29(35)37)18-6-5-7-21-8-12-23(30)13-9-21)32-25(33(26)19-16-31-4-2)20-22-10-14-24(15-11-22)41-42(38,39)40/h8-15,31H,3-7,16-20,30H2,1-2H3,(H,38,39,40). The fourth-order valence-corrected chi connectivity index (χ4v) is 5.31. The number of likely N-dealkylation sites (N-methyl/N-ethyl adjacent to an activating group) is 1. The SMILES string of the molecule is CCCn1c(=O)c2c(nc(Cc3ccc(OS(=O)(=O)O)cc3)n2CCNCC)n(CCCCc2ccc(N)cc2)c1=O. The number of hydrogen-bond donors (Lipinski definition) is 3. The number of aryl methyl sites for hydroxylation is 2. The van der Waals surface area contributed by atoms with Gasteiger partial charge in [0.1, 0.15) is 11.6 Å². The number of imidazole rings is 1. The molecule has 2 aromatic heterocycles. The zero-order valence-corrected chi connectivity index (χ0v) is 24.8. The molecule has 42 heavy (non-hydrogen) atoms. The Balaban J connectivity index is 1.71. The molecule has 0 aliphatic rings. The van der Waals surface area contributed by atoms with E-state index in [0.717, 1.165) is 31.4 Å². The van der Waals surface area contributed by atoms with Gasteiger partial charge in [0.2, 0.25) is 0 Å². The Bertz CT molecular complexity index is 1720. The van der Waals surface area contributed by atoms with Crippen LogP contribution in [-0.4, -0.2) is 44.7 Å². The van der Waals surface area contributed by atoms with Crippen molar-refractivity contribution in [2.45, 2.75) is 65.6 Å². The molecule has 4 N–H and O–H groups in total. The van der Waals surface area contributed by atoms with E-state index in [2.05, 4.69) is 9.50 Å². The highest BCUT2D eigenvalue weighted by Crippen LogP contribution is 2.19. The molecule has 0 amide bonds. The molecule has 0 spiro atoms. The monoisotopic (exact) mass is 598 g/mol. The molecule has 0 saturated heterocycles. The molecule has 0 radical (unpaired) electrons. The molecule has 0 unspecified atom stereocenters. The van der Waals surface area contributed by atoms with Gasteiger partial charge in [-0.3, -0.25) is 18.5 Å². The molecular formula is C29H38N6O6S. The Kier molecular flexibility index (Phi) is 10.2. The number of rotatable bonds is 15. The number of nitrogen functional groups attached to an aromatic ring is 1. The van der Waals surface area contributed by atoms with Gasteiger partial charge in [0, 0.05) is 38.3 Å². The summed E-state index contributed by atoms with van der Waals surface area (Å²) in [7, 11) is -4.63. The first-order valence-electron chi connectivity index (χ1n) is 14.1. The van der Waals surface area contributed by atoms with Crippen molar-refractivity contribution in [1.29, 1.82) is 0 Å². The van der Waals surface area contributed by atoms with Crippen molar-refractivity contribution in [3.05, 3.63) is 86.3 Å². The molecule has 13 heteroatoms. The van der Waals surface area contributed by atoms with Gasteiger partial charge in [0.25, 0.3) is 5.56 Å². The van der Waals surface area contributed by atoms with Crippen molar-refractivity contribution in [3.8, 4) is 5.75 Å². The van der Waals surface area contributed by atoms with Gasteiger partial charge < -0.3 is 19.8 Å². The number of unbranched alkanes of at least 4 members (excludes halogenated alkanes) is 1. The lowest BCUT2D eigenvalue weighted by molar-refractivity contribution is 0.387. The summed E-state index contributed by atoms with van der Waals surface area (Å²) in [6.07, 6.45) is 3.36. The third-order valence-electron chi connectivity index (χ3n) is 6.97. The molecule has 0 aliphatic heterocycles. The molecule has 0 aliphatic carbocycles. The van der Waals surface area contributed by atoms with E-state index >= 15 is 0 Å². The lowest BCUT2D eigenvalue weighted by Crippen LogP contribution is -2.41. The maximum Gasteiger partial charge on any atom is 0.446 e. The zero-order chi connectivity index (χ0) is 30.3. The molecular weight excluding hydrogens is 560 g/mol. The average Bonchev–Trinajstić information content (AvgIpc) is 3.29. The number of nitrogens with two attached hydrogens (primary N) is 1. The first-order chi connectivity index (χ1) is 20.1. The van der Waals surface area contributed by atoms with Crippen LogP contribution in [0.4, 0.5) is 5.69 Å². The number of fused-ring (bicyclic) bond motifs is 1. The van der Waals surface area contributed by atoms with Crippen molar-refractivity contribution in [2.24, 2.45) is 0 Å². The second-order valence-electron chi connectivity index (χ2n) is 10.1. The highest BCUT2D eigenvalue weighted by atomic mass is 32.3. The summed E-state index contributed by atoms with van der Waals surface area (Å²) in [5.74, 6) is 0.574. The van der Waals surface area contributed by atoms with Crippen molar-refractivity contribution < 1.29 is 17.2 Å². The number of nitrogens with zero attached hydrogens (tertiary/aromatic N) is 4. The lowest BCUT2D eigenvalue weighted by atomic mass is 10.1. The topological polar surface area (TPSA) is 163 Å². The average molecular weight is 599 g/mol. The predicted molar refractivity (Wildman–Crippen MR) is 162 cm³/mol. The minimum atomic E-state index is -4.63. The second-order valence-corrected chi connectivity index (χ2v) is 11.1. The largest absolute Gasteiger partial charge is 0.446 e. The summed E-state index contributed by atoms with van der Waals surface area (Å²) < 4.78 is 40.3. The van der Waals surface area contributed by atoms with Crippen LogP contribution in [0.25, 0.3) is 11.2 Å². The highest BCUT2D eigenvalue weighted by molar-refractivity contribution is 7.81. The van der Waals surface area contributed by atoms with Crippen molar-refractivity contribution in [1.82, 2.24) is 24.0 Å². The van der Waals surface area contributed by atoms with Crippen molar-refractivity contribution >= 4 is 27.3 Å². The zero-order valence-electron chi connectivity index (χ0n) is 24.0. The number of aromatic nitrogens is 4. The van der Waals surface area contributed by atoms with Crippen LogP contribution in [0, 0.1) is 0 Å². The van der Waals surface area contributed by atoms with E-state index in [9.17, 15) is 18.0 Å². The van der Waals surface area contributed by atoms with Crippen LogP contribution in [0.1, 0.15) is 50.1 Å². The number of benzene rings is 2. The van der Waals surface area contributed by atoms with E-state index < -0.39 is 10.4 Å². The fraction of sp³-hybridized carbons (Fsp3) is 0.414. The Morgan fingerprint density at radius 2 is 1.60 bits per heavy atom. The highest BCUT2D eigenvalue weighted by Gasteiger charge is 2.21. The van der Waals surface area contributed by atoms with Gasteiger partial charge in [0.05, 0.1) is 0 Å². The quantitative estimate of drug-likeness (QED) is 0.106. The Hall–Kier alpha value is -3.94. The van der Waals surface area contributed by atoms with Gasteiger partial charge >= 0.3 is 16.1 Å². The second kappa shape index (κ2) is 13.8. The summed E-state index contributed by atoms with van der Waals surface area (Å²) in [5.41, 5.74) is 8.49. The third-order valence-corrected chi connectivity index (χ3v) is 7.37. The fourth-order valence-electron chi connectivity index (χ4n) is 4.95. The number of nitrogens with one attached hydrogen (secondary N) is 1. The maximum absolute atomic E-state index is 13.7. The normalized spacial score (nSPS) is 11.8. The number of hydrogen-bond acceptors (Lipinski definition) is 8. The molecule has 0 saturated carbocycles. The molecule has 226 valence electrons. The van der Waals surface area contributed by atoms with Crippen LogP contribution in [0.2, 0.25) is 0 Å².